The van der Waals surface area contributed by atoms with E-state index in [9.17, 15) is 0 Å². The van der Waals surface area contributed by atoms with Crippen LogP contribution < -0.4 is 5.73 Å². The Hall–Kier alpha value is -0.680. The Balaban J connectivity index is 2.87. The van der Waals surface area contributed by atoms with Gasteiger partial charge in [-0.2, -0.15) is 0 Å². The molecule has 0 aliphatic carbocycles. The smallest absolute Gasteiger partial charge is 0.144 e. The van der Waals surface area contributed by atoms with Crippen molar-refractivity contribution in [3.8, 4) is 0 Å². The Kier molecular flexibility index (Phi) is 1.54. The highest BCUT2D eigenvalue weighted by molar-refractivity contribution is 9.10. The van der Waals surface area contributed by atoms with Crippen molar-refractivity contribution in [3.05, 3.63) is 16.2 Å². The molecule has 2 rings (SSSR count). The summed E-state index contributed by atoms with van der Waals surface area (Å²) in [6.07, 6.45) is 1.66. The number of aromatic nitrogens is 2. The van der Waals surface area contributed by atoms with Crippen molar-refractivity contribution in [2.24, 2.45) is 0 Å². The van der Waals surface area contributed by atoms with Crippen molar-refractivity contribution >= 4 is 43.3 Å². The molecule has 2 heterocycles. The second-order valence-electron chi connectivity index (χ2n) is 2.04. The van der Waals surface area contributed by atoms with Gasteiger partial charge in [0.2, 0.25) is 0 Å². The number of anilines is 1. The molecule has 0 aliphatic rings. The summed E-state index contributed by atoms with van der Waals surface area (Å²) in [4.78, 5) is 9.19. The Morgan fingerprint density at radius 3 is 3.18 bits per heavy atom. The monoisotopic (exact) mass is 229 g/mol. The van der Waals surface area contributed by atoms with Crippen LogP contribution in [0.3, 0.4) is 0 Å². The van der Waals surface area contributed by atoms with Crippen molar-refractivity contribution in [3.63, 3.8) is 0 Å². The molecule has 5 heteroatoms. The Bertz CT molecular complexity index is 398. The maximum Gasteiger partial charge on any atom is 0.144 e. The van der Waals surface area contributed by atoms with E-state index < -0.39 is 0 Å². The van der Waals surface area contributed by atoms with Gasteiger partial charge in [0.15, 0.2) is 0 Å². The summed E-state index contributed by atoms with van der Waals surface area (Å²) < 4.78 is 0.718. The van der Waals surface area contributed by atoms with Crippen molar-refractivity contribution in [1.29, 1.82) is 0 Å². The first kappa shape index (κ1) is 7.00. The summed E-state index contributed by atoms with van der Waals surface area (Å²) in [5.41, 5.74) is 7.11. The molecule has 0 saturated carbocycles. The Labute approximate surface area is 75.4 Å². The molecule has 11 heavy (non-hydrogen) atoms. The lowest BCUT2D eigenvalue weighted by molar-refractivity contribution is 1.27. The molecule has 0 saturated heterocycles. The zero-order valence-corrected chi connectivity index (χ0v) is 7.82. The van der Waals surface area contributed by atoms with Crippen LogP contribution in [0.15, 0.2) is 16.2 Å². The fraction of sp³-hybridized carbons (Fsp3) is 0. The SMILES string of the molecule is Nc1csc2ncc(Br)nc12. The van der Waals surface area contributed by atoms with E-state index in [1.165, 1.54) is 11.3 Å². The second kappa shape index (κ2) is 2.42. The molecule has 0 fully saturated rings. The Morgan fingerprint density at radius 1 is 1.55 bits per heavy atom. The third kappa shape index (κ3) is 1.10. The number of fused-ring (bicyclic) bond motifs is 1. The van der Waals surface area contributed by atoms with Gasteiger partial charge in [0.1, 0.15) is 15.0 Å². The number of hydrogen-bond acceptors (Lipinski definition) is 4. The number of halogens is 1. The maximum atomic E-state index is 5.63. The minimum absolute atomic E-state index is 0.693. The minimum Gasteiger partial charge on any atom is -0.396 e. The standard InChI is InChI=1S/C6H4BrN3S/c7-4-1-9-6-5(10-4)3(8)2-11-6/h1-2H,8H2. The summed E-state index contributed by atoms with van der Waals surface area (Å²) >= 11 is 4.73. The predicted molar refractivity (Wildman–Crippen MR) is 49.5 cm³/mol. The normalized spacial score (nSPS) is 10.6. The molecule has 0 aliphatic heterocycles. The van der Waals surface area contributed by atoms with E-state index >= 15 is 0 Å². The number of nitrogens with two attached hydrogens (primary N) is 1. The summed E-state index contributed by atoms with van der Waals surface area (Å²) in [6, 6.07) is 0. The van der Waals surface area contributed by atoms with E-state index in [1.807, 2.05) is 5.38 Å². The van der Waals surface area contributed by atoms with Crippen LogP contribution in [-0.4, -0.2) is 9.97 Å². The largest absolute Gasteiger partial charge is 0.396 e. The van der Waals surface area contributed by atoms with E-state index in [4.69, 9.17) is 5.73 Å². The van der Waals surface area contributed by atoms with E-state index in [2.05, 4.69) is 25.9 Å². The molecule has 0 atom stereocenters. The summed E-state index contributed by atoms with van der Waals surface area (Å²) in [5.74, 6) is 0. The van der Waals surface area contributed by atoms with E-state index in [1.54, 1.807) is 6.20 Å². The maximum absolute atomic E-state index is 5.63. The first-order valence-electron chi connectivity index (χ1n) is 2.92. The average Bonchev–Trinajstić information content (AvgIpc) is 2.33. The van der Waals surface area contributed by atoms with Gasteiger partial charge in [-0.3, -0.25) is 0 Å². The molecule has 56 valence electrons. The van der Waals surface area contributed by atoms with E-state index in [0.717, 1.165) is 15.0 Å². The van der Waals surface area contributed by atoms with Crippen LogP contribution in [0.4, 0.5) is 5.69 Å². The highest BCUT2D eigenvalue weighted by atomic mass is 79.9. The molecule has 0 radical (unpaired) electrons. The number of rotatable bonds is 0. The van der Waals surface area contributed by atoms with Crippen LogP contribution in [0, 0.1) is 0 Å². The van der Waals surface area contributed by atoms with Crippen molar-refractivity contribution < 1.29 is 0 Å². The number of hydrogen-bond donors (Lipinski definition) is 1. The second-order valence-corrected chi connectivity index (χ2v) is 3.71. The van der Waals surface area contributed by atoms with Crippen LogP contribution in [0.5, 0.6) is 0 Å². The molecule has 2 N–H and O–H groups in total. The first-order valence-corrected chi connectivity index (χ1v) is 4.60. The van der Waals surface area contributed by atoms with Gasteiger partial charge >= 0.3 is 0 Å². The van der Waals surface area contributed by atoms with Gasteiger partial charge in [0.05, 0.1) is 11.9 Å². The molecule has 0 aromatic carbocycles. The van der Waals surface area contributed by atoms with Crippen molar-refractivity contribution in [2.45, 2.75) is 0 Å². The van der Waals surface area contributed by atoms with Gasteiger partial charge in [-0.05, 0) is 15.9 Å². The quantitative estimate of drug-likeness (QED) is 0.753. The van der Waals surface area contributed by atoms with Crippen LogP contribution >= 0.6 is 27.3 Å². The zero-order valence-electron chi connectivity index (χ0n) is 5.41. The molecule has 2 aromatic heterocycles. The van der Waals surface area contributed by atoms with Gasteiger partial charge in [-0.1, -0.05) is 0 Å². The highest BCUT2D eigenvalue weighted by Gasteiger charge is 2.02. The van der Waals surface area contributed by atoms with Crippen LogP contribution in [-0.2, 0) is 0 Å². The summed E-state index contributed by atoms with van der Waals surface area (Å²) in [5, 5.41) is 1.84. The first-order chi connectivity index (χ1) is 5.27. The molecule has 2 aromatic rings. The lowest BCUT2D eigenvalue weighted by atomic mass is 10.5. The van der Waals surface area contributed by atoms with Gasteiger partial charge in [-0.15, -0.1) is 11.3 Å². The van der Waals surface area contributed by atoms with E-state index in [-0.39, 0.29) is 0 Å². The summed E-state index contributed by atoms with van der Waals surface area (Å²) in [6.45, 7) is 0. The fourth-order valence-corrected chi connectivity index (χ4v) is 1.82. The highest BCUT2D eigenvalue weighted by Crippen LogP contribution is 2.24. The van der Waals surface area contributed by atoms with Crippen LogP contribution in [0.25, 0.3) is 10.3 Å². The Morgan fingerprint density at radius 2 is 2.36 bits per heavy atom. The minimum atomic E-state index is 0.693. The molecule has 3 nitrogen and oxygen atoms in total. The lowest BCUT2D eigenvalue weighted by Gasteiger charge is -1.89. The molecule has 0 bridgehead atoms. The average molecular weight is 230 g/mol. The van der Waals surface area contributed by atoms with Gasteiger partial charge < -0.3 is 5.73 Å². The molecular formula is C6H4BrN3S. The van der Waals surface area contributed by atoms with Gasteiger partial charge in [0.25, 0.3) is 0 Å². The predicted octanol–water partition coefficient (Wildman–Crippen LogP) is 2.04. The number of thiophene rings is 1. The van der Waals surface area contributed by atoms with Gasteiger partial charge in [-0.25, -0.2) is 9.97 Å². The molecule has 0 amide bonds. The molecule has 0 spiro atoms. The topological polar surface area (TPSA) is 51.8 Å². The fourth-order valence-electron chi connectivity index (χ4n) is 0.806. The van der Waals surface area contributed by atoms with Crippen LogP contribution in [0.1, 0.15) is 0 Å². The van der Waals surface area contributed by atoms with Crippen LogP contribution in [0.2, 0.25) is 0 Å². The van der Waals surface area contributed by atoms with Gasteiger partial charge in [0, 0.05) is 5.38 Å². The number of nitrogen functional groups attached to an aromatic ring is 1. The summed E-state index contributed by atoms with van der Waals surface area (Å²) in [7, 11) is 0. The lowest BCUT2D eigenvalue weighted by Crippen LogP contribution is -1.85. The number of nitrogens with zero attached hydrogens (tertiary/aromatic N) is 2. The zero-order chi connectivity index (χ0) is 7.84. The van der Waals surface area contributed by atoms with Crippen molar-refractivity contribution in [1.82, 2.24) is 9.97 Å². The molecule has 0 unspecified atom stereocenters. The van der Waals surface area contributed by atoms with Crippen molar-refractivity contribution in [2.75, 3.05) is 5.73 Å². The molecular weight excluding hydrogens is 226 g/mol. The third-order valence-electron chi connectivity index (χ3n) is 1.28. The third-order valence-corrected chi connectivity index (χ3v) is 2.56. The van der Waals surface area contributed by atoms with E-state index in [0.29, 0.717) is 5.69 Å².